The van der Waals surface area contributed by atoms with E-state index in [1.54, 1.807) is 14.2 Å². The molecule has 218 valence electrons. The van der Waals surface area contributed by atoms with Gasteiger partial charge in [0.05, 0.1) is 20.8 Å². The molecule has 3 N–H and O–H groups in total. The molecule has 0 bridgehead atoms. The van der Waals surface area contributed by atoms with Gasteiger partial charge in [0.1, 0.15) is 41.4 Å². The zero-order valence-corrected chi connectivity index (χ0v) is 23.9. The molecule has 0 spiro atoms. The SMILES string of the molecule is COc1ccc(C(OC[C@H]2O[C@@H](n3ccc(N)nc3=O)C[C@@H]2O[P+](=O)O)(c2ccccc2)c2ccc(OC)cc2)cc1. The van der Waals surface area contributed by atoms with Gasteiger partial charge in [-0.05, 0) is 47.0 Å². The summed E-state index contributed by atoms with van der Waals surface area (Å²) in [6.07, 6.45) is -0.895. The number of nitrogens with two attached hydrogens (primary N) is 1. The average molecular weight is 593 g/mol. The van der Waals surface area contributed by atoms with Gasteiger partial charge < -0.3 is 24.7 Å². The molecule has 2 heterocycles. The number of methoxy groups -OCH3 is 2. The molecule has 1 aliphatic rings. The standard InChI is InChI=1S/C30H30N3O8P/c1-37-23-12-8-21(9-13-23)30(20-6-4-3-5-7-20,22-10-14-24(38-2)15-11-22)39-19-26-25(41-42(35)36)18-28(40-26)33-17-16-27(31)32-29(33)34/h3-17,25-26,28H,18-19H2,1-2H3,(H2-,31,32,34,35,36)/p+1/t25-,26+,28+/m0/s1. The van der Waals surface area contributed by atoms with Gasteiger partial charge in [-0.3, -0.25) is 4.57 Å². The minimum Gasteiger partial charge on any atom is -0.497 e. The van der Waals surface area contributed by atoms with E-state index >= 15 is 0 Å². The molecule has 42 heavy (non-hydrogen) atoms. The summed E-state index contributed by atoms with van der Waals surface area (Å²) in [6.45, 7) is -0.0611. The number of ether oxygens (including phenoxy) is 4. The van der Waals surface area contributed by atoms with Crippen molar-refractivity contribution in [3.8, 4) is 11.5 Å². The maximum absolute atomic E-state index is 12.5. The lowest BCUT2D eigenvalue weighted by Crippen LogP contribution is -2.38. The Bertz CT molecular complexity index is 1520. The van der Waals surface area contributed by atoms with Crippen LogP contribution in [0.4, 0.5) is 5.82 Å². The highest BCUT2D eigenvalue weighted by molar-refractivity contribution is 7.32. The highest BCUT2D eigenvalue weighted by Gasteiger charge is 2.45. The lowest BCUT2D eigenvalue weighted by Gasteiger charge is -2.37. The van der Waals surface area contributed by atoms with Crippen LogP contribution >= 0.6 is 8.25 Å². The lowest BCUT2D eigenvalue weighted by atomic mass is 9.80. The average Bonchev–Trinajstić information content (AvgIpc) is 3.40. The van der Waals surface area contributed by atoms with Crippen LogP contribution in [0.25, 0.3) is 0 Å². The van der Waals surface area contributed by atoms with E-state index in [-0.39, 0.29) is 18.8 Å². The fourth-order valence-corrected chi connectivity index (χ4v) is 5.63. The third kappa shape index (κ3) is 6.06. The molecule has 12 heteroatoms. The van der Waals surface area contributed by atoms with Crippen LogP contribution in [0.5, 0.6) is 11.5 Å². The highest BCUT2D eigenvalue weighted by atomic mass is 31.1. The van der Waals surface area contributed by atoms with Gasteiger partial charge in [0.25, 0.3) is 0 Å². The molecule has 0 saturated carbocycles. The van der Waals surface area contributed by atoms with E-state index < -0.39 is 38.0 Å². The maximum atomic E-state index is 12.5. The van der Waals surface area contributed by atoms with Crippen LogP contribution in [-0.2, 0) is 24.2 Å². The van der Waals surface area contributed by atoms with Crippen LogP contribution in [0.15, 0.2) is 95.9 Å². The molecule has 11 nitrogen and oxygen atoms in total. The van der Waals surface area contributed by atoms with E-state index in [0.717, 1.165) is 16.7 Å². The van der Waals surface area contributed by atoms with Crippen molar-refractivity contribution in [2.24, 2.45) is 0 Å². The van der Waals surface area contributed by atoms with Crippen molar-refractivity contribution in [1.82, 2.24) is 9.55 Å². The molecule has 1 fully saturated rings. The molecular formula is C30H31N3O8P+. The Morgan fingerprint density at radius 2 is 1.52 bits per heavy atom. The predicted molar refractivity (Wildman–Crippen MR) is 154 cm³/mol. The molecule has 0 radical (unpaired) electrons. The molecule has 4 atom stereocenters. The lowest BCUT2D eigenvalue weighted by molar-refractivity contribution is -0.0917. The number of nitrogens with zero attached hydrogens (tertiary/aromatic N) is 2. The first-order chi connectivity index (χ1) is 20.3. The normalized spacial score (nSPS) is 18.9. The first kappa shape index (κ1) is 29.4. The van der Waals surface area contributed by atoms with E-state index in [9.17, 15) is 14.3 Å². The number of hydrogen-bond acceptors (Lipinski definition) is 9. The molecule has 4 aromatic rings. The maximum Gasteiger partial charge on any atom is 0.695 e. The fraction of sp³-hybridized carbons (Fsp3) is 0.267. The van der Waals surface area contributed by atoms with E-state index in [2.05, 4.69) is 4.98 Å². The predicted octanol–water partition coefficient (Wildman–Crippen LogP) is 4.17. The number of hydrogen-bond donors (Lipinski definition) is 2. The second kappa shape index (κ2) is 12.8. The molecule has 5 rings (SSSR count). The van der Waals surface area contributed by atoms with Crippen LogP contribution in [0, 0.1) is 0 Å². The molecule has 0 amide bonds. The molecule has 1 aliphatic heterocycles. The fourth-order valence-electron chi connectivity index (χ4n) is 5.17. The Kier molecular flexibility index (Phi) is 8.96. The summed E-state index contributed by atoms with van der Waals surface area (Å²) in [7, 11) is 0.240. The van der Waals surface area contributed by atoms with Crippen molar-refractivity contribution in [2.45, 2.75) is 30.5 Å². The largest absolute Gasteiger partial charge is 0.695 e. The molecular weight excluding hydrogens is 561 g/mol. The number of aromatic nitrogens is 2. The van der Waals surface area contributed by atoms with Gasteiger partial charge in [0.15, 0.2) is 0 Å². The first-order valence-corrected chi connectivity index (χ1v) is 14.3. The van der Waals surface area contributed by atoms with Gasteiger partial charge in [-0.1, -0.05) is 54.6 Å². The van der Waals surface area contributed by atoms with Gasteiger partial charge in [-0.2, -0.15) is 4.98 Å². The van der Waals surface area contributed by atoms with Gasteiger partial charge in [0, 0.05) is 17.2 Å². The first-order valence-electron chi connectivity index (χ1n) is 13.2. The van der Waals surface area contributed by atoms with Crippen LogP contribution in [0.3, 0.4) is 0 Å². The number of rotatable bonds is 11. The summed E-state index contributed by atoms with van der Waals surface area (Å²) in [5, 5.41) is 0. The summed E-state index contributed by atoms with van der Waals surface area (Å²) in [5.41, 5.74) is 6.34. The number of nitrogen functional groups attached to an aromatic ring is 1. The van der Waals surface area contributed by atoms with E-state index in [1.807, 2.05) is 78.9 Å². The summed E-state index contributed by atoms with van der Waals surface area (Å²) in [5.74, 6) is 1.44. The summed E-state index contributed by atoms with van der Waals surface area (Å²) in [6, 6.07) is 26.3. The van der Waals surface area contributed by atoms with Crippen LogP contribution in [-0.4, -0.2) is 47.5 Å². The van der Waals surface area contributed by atoms with Crippen molar-refractivity contribution in [2.75, 3.05) is 26.6 Å². The minimum atomic E-state index is -2.96. The Hall–Kier alpha value is -4.12. The van der Waals surface area contributed by atoms with E-state index in [4.69, 9.17) is 29.2 Å². The van der Waals surface area contributed by atoms with Gasteiger partial charge in [-0.15, -0.1) is 9.42 Å². The zero-order valence-electron chi connectivity index (χ0n) is 23.0. The Labute approximate surface area is 243 Å². The molecule has 1 saturated heterocycles. The topological polar surface area (TPSA) is 144 Å². The van der Waals surface area contributed by atoms with Gasteiger partial charge in [-0.25, -0.2) is 4.79 Å². The summed E-state index contributed by atoms with van der Waals surface area (Å²) < 4.78 is 42.3. The van der Waals surface area contributed by atoms with Crippen molar-refractivity contribution in [1.29, 1.82) is 0 Å². The summed E-state index contributed by atoms with van der Waals surface area (Å²) in [4.78, 5) is 25.9. The van der Waals surface area contributed by atoms with Crippen molar-refractivity contribution in [3.63, 3.8) is 0 Å². The molecule has 1 unspecified atom stereocenters. The van der Waals surface area contributed by atoms with Crippen molar-refractivity contribution in [3.05, 3.63) is 118 Å². The number of benzene rings is 3. The second-order valence-corrected chi connectivity index (χ2v) is 10.3. The second-order valence-electron chi connectivity index (χ2n) is 9.60. The zero-order chi connectivity index (χ0) is 29.7. The quantitative estimate of drug-likeness (QED) is 0.192. The highest BCUT2D eigenvalue weighted by Crippen LogP contribution is 2.43. The van der Waals surface area contributed by atoms with Crippen molar-refractivity contribution < 1.29 is 32.9 Å². The van der Waals surface area contributed by atoms with E-state index in [0.29, 0.717) is 11.5 Å². The Balaban J connectivity index is 1.57. The summed E-state index contributed by atoms with van der Waals surface area (Å²) >= 11 is 0. The third-order valence-electron chi connectivity index (χ3n) is 7.21. The monoisotopic (exact) mass is 592 g/mol. The molecule has 3 aromatic carbocycles. The molecule has 1 aromatic heterocycles. The van der Waals surface area contributed by atoms with Crippen LogP contribution in [0.1, 0.15) is 29.3 Å². The third-order valence-corrected chi connectivity index (χ3v) is 7.66. The number of anilines is 1. The minimum absolute atomic E-state index is 0.0611. The van der Waals surface area contributed by atoms with Gasteiger partial charge >= 0.3 is 13.9 Å². The van der Waals surface area contributed by atoms with E-state index in [1.165, 1.54) is 16.8 Å². The Morgan fingerprint density at radius 1 is 0.952 bits per heavy atom. The van der Waals surface area contributed by atoms with Crippen LogP contribution < -0.4 is 20.9 Å². The smallest absolute Gasteiger partial charge is 0.497 e. The molecule has 0 aliphatic carbocycles. The Morgan fingerprint density at radius 3 is 2.05 bits per heavy atom. The van der Waals surface area contributed by atoms with Gasteiger partial charge in [0.2, 0.25) is 0 Å². The van der Waals surface area contributed by atoms with Crippen LogP contribution in [0.2, 0.25) is 0 Å². The van der Waals surface area contributed by atoms with Crippen molar-refractivity contribution >= 4 is 14.1 Å².